The predicted molar refractivity (Wildman–Crippen MR) is 22.5 cm³/mol. The number of aliphatic carboxylic acids is 1. The van der Waals surface area contributed by atoms with Gasteiger partial charge in [-0.2, -0.15) is 0 Å². The lowest BCUT2D eigenvalue weighted by Gasteiger charge is -1.71. The summed E-state index contributed by atoms with van der Waals surface area (Å²) in [4.78, 5) is 19.0. The van der Waals surface area contributed by atoms with E-state index in [1.54, 1.807) is 0 Å². The Morgan fingerprint density at radius 3 is 1.88 bits per heavy atom. The molecule has 8 heavy (non-hydrogen) atoms. The lowest BCUT2D eigenvalue weighted by atomic mass is 10.5. The molecule has 0 unspecified atom stereocenters. The van der Waals surface area contributed by atoms with Crippen LogP contribution < -0.4 is 0 Å². The average molecular weight is 115 g/mol. The van der Waals surface area contributed by atoms with Crippen LogP contribution in [0, 0.1) is 0 Å². The molecule has 4 nitrogen and oxygen atoms in total. The molecule has 0 aromatic heterocycles. The Morgan fingerprint density at radius 1 is 1.25 bits per heavy atom. The van der Waals surface area contributed by atoms with Gasteiger partial charge in [0.2, 0.25) is 0 Å². The largest absolute Gasteiger partial charge is 0.478 e. The van der Waals surface area contributed by atoms with E-state index in [1.807, 2.05) is 0 Å². The zero-order valence-corrected chi connectivity index (χ0v) is 3.83. The van der Waals surface area contributed by atoms with Crippen molar-refractivity contribution in [2.75, 3.05) is 0 Å². The lowest BCUT2D eigenvalue weighted by Crippen LogP contribution is -1.90. The summed E-state index contributed by atoms with van der Waals surface area (Å²) in [7, 11) is 0. The highest BCUT2D eigenvalue weighted by Gasteiger charge is 1.90. The van der Waals surface area contributed by atoms with Crippen molar-refractivity contribution in [3.05, 3.63) is 12.2 Å². The Hall–Kier alpha value is -1.32. The van der Waals surface area contributed by atoms with Crippen LogP contribution in [0.5, 0.6) is 0 Å². The maximum absolute atomic E-state index is 9.53. The van der Waals surface area contributed by atoms with Crippen LogP contribution in [0.3, 0.4) is 0 Å². The van der Waals surface area contributed by atoms with Gasteiger partial charge in [-0.25, -0.2) is 14.7 Å². The lowest BCUT2D eigenvalue weighted by molar-refractivity contribution is -0.138. The maximum Gasteiger partial charge on any atom is 0.379 e. The first-order valence-corrected chi connectivity index (χ1v) is 1.75. The van der Waals surface area contributed by atoms with Gasteiger partial charge in [-0.15, -0.1) is 0 Å². The number of carboxylic acids is 1. The Kier molecular flexibility index (Phi) is 2.33. The molecule has 1 N–H and O–H groups in total. The summed E-state index contributed by atoms with van der Waals surface area (Å²) in [6.45, 7) is 0. The molecule has 0 bridgehead atoms. The molecule has 0 aromatic rings. The minimum Gasteiger partial charge on any atom is -0.478 e. The first-order valence-electron chi connectivity index (χ1n) is 1.75. The van der Waals surface area contributed by atoms with Crippen molar-refractivity contribution in [3.63, 3.8) is 0 Å². The molecular weight excluding hydrogens is 112 g/mol. The van der Waals surface area contributed by atoms with E-state index in [2.05, 4.69) is 0 Å². The summed E-state index contributed by atoms with van der Waals surface area (Å²) in [6, 6.07) is 0. The number of carbonyl (C=O) groups excluding carboxylic acids is 1. The molecule has 4 heteroatoms. The van der Waals surface area contributed by atoms with Crippen LogP contribution in [-0.2, 0) is 14.7 Å². The SMILES string of the molecule is [O]C(=O)C=CC(=O)O. The van der Waals surface area contributed by atoms with Crippen molar-refractivity contribution in [2.24, 2.45) is 0 Å². The summed E-state index contributed by atoms with van der Waals surface area (Å²) >= 11 is 0. The maximum atomic E-state index is 9.53. The second-order valence-corrected chi connectivity index (χ2v) is 0.991. The van der Waals surface area contributed by atoms with Crippen LogP contribution >= 0.6 is 0 Å². The second-order valence-electron chi connectivity index (χ2n) is 0.991. The summed E-state index contributed by atoms with van der Waals surface area (Å²) in [5.41, 5.74) is 0. The quantitative estimate of drug-likeness (QED) is 0.497. The van der Waals surface area contributed by atoms with Crippen molar-refractivity contribution in [3.8, 4) is 0 Å². The fourth-order valence-corrected chi connectivity index (χ4v) is 0.139. The van der Waals surface area contributed by atoms with Crippen LogP contribution in [0.25, 0.3) is 0 Å². The molecule has 0 amide bonds. The van der Waals surface area contributed by atoms with Gasteiger partial charge < -0.3 is 5.11 Å². The number of carbonyl (C=O) groups is 2. The van der Waals surface area contributed by atoms with E-state index in [0.717, 1.165) is 0 Å². The molecule has 0 fully saturated rings. The van der Waals surface area contributed by atoms with Gasteiger partial charge in [0, 0.05) is 12.2 Å². The molecule has 0 spiro atoms. The molecule has 0 rings (SSSR count). The number of hydrogen-bond acceptors (Lipinski definition) is 2. The van der Waals surface area contributed by atoms with E-state index >= 15 is 0 Å². The molecule has 0 aliphatic carbocycles. The summed E-state index contributed by atoms with van der Waals surface area (Å²) in [5.74, 6) is -2.80. The zero-order chi connectivity index (χ0) is 6.57. The average Bonchev–Trinajstić information content (AvgIpc) is 1.61. The fraction of sp³-hybridized carbons (Fsp3) is 0. The highest BCUT2D eigenvalue weighted by atomic mass is 16.4. The topological polar surface area (TPSA) is 74.3 Å². The van der Waals surface area contributed by atoms with E-state index in [0.29, 0.717) is 12.2 Å². The second kappa shape index (κ2) is 2.79. The predicted octanol–water partition coefficient (Wildman–Crippen LogP) is -0.416. The van der Waals surface area contributed by atoms with Gasteiger partial charge in [0.1, 0.15) is 0 Å². The first kappa shape index (κ1) is 6.68. The van der Waals surface area contributed by atoms with Crippen LogP contribution in [0.2, 0.25) is 0 Å². The smallest absolute Gasteiger partial charge is 0.379 e. The molecule has 0 aliphatic heterocycles. The molecule has 0 saturated carbocycles. The van der Waals surface area contributed by atoms with Crippen molar-refractivity contribution in [2.45, 2.75) is 0 Å². The van der Waals surface area contributed by atoms with E-state index in [1.165, 1.54) is 0 Å². The Labute approximate surface area is 45.1 Å². The van der Waals surface area contributed by atoms with Gasteiger partial charge in [0.05, 0.1) is 0 Å². The van der Waals surface area contributed by atoms with Crippen molar-refractivity contribution in [1.29, 1.82) is 0 Å². The molecular formula is C4H3O4. The van der Waals surface area contributed by atoms with Crippen molar-refractivity contribution in [1.82, 2.24) is 0 Å². The molecule has 1 radical (unpaired) electrons. The normalized spacial score (nSPS) is 9.50. The van der Waals surface area contributed by atoms with Gasteiger partial charge in [0.15, 0.2) is 0 Å². The molecule has 0 heterocycles. The highest BCUT2D eigenvalue weighted by molar-refractivity contribution is 5.89. The summed E-state index contributed by atoms with van der Waals surface area (Å²) < 4.78 is 0. The number of hydrogen-bond donors (Lipinski definition) is 1. The Balaban J connectivity index is 3.67. The van der Waals surface area contributed by atoms with Crippen LogP contribution in [-0.4, -0.2) is 17.0 Å². The first-order chi connectivity index (χ1) is 3.63. The Morgan fingerprint density at radius 2 is 1.75 bits per heavy atom. The summed E-state index contributed by atoms with van der Waals surface area (Å²) in [5, 5.41) is 17.2. The minimum absolute atomic E-state index is 0.447. The van der Waals surface area contributed by atoms with Gasteiger partial charge in [-0.05, 0) is 0 Å². The van der Waals surface area contributed by atoms with Gasteiger partial charge in [0.25, 0.3) is 0 Å². The van der Waals surface area contributed by atoms with E-state index in [-0.39, 0.29) is 0 Å². The molecule has 0 atom stereocenters. The molecule has 0 aliphatic rings. The highest BCUT2D eigenvalue weighted by Crippen LogP contribution is 1.71. The molecule has 0 saturated heterocycles. The monoisotopic (exact) mass is 115 g/mol. The third kappa shape index (κ3) is 4.68. The van der Waals surface area contributed by atoms with Crippen LogP contribution in [0.1, 0.15) is 0 Å². The van der Waals surface area contributed by atoms with Crippen molar-refractivity contribution < 1.29 is 19.8 Å². The van der Waals surface area contributed by atoms with Crippen LogP contribution in [0.15, 0.2) is 12.2 Å². The Bertz CT molecular complexity index is 119. The van der Waals surface area contributed by atoms with Gasteiger partial charge in [-0.1, -0.05) is 0 Å². The fourth-order valence-electron chi connectivity index (χ4n) is 0.139. The van der Waals surface area contributed by atoms with Crippen molar-refractivity contribution >= 4 is 11.9 Å². The van der Waals surface area contributed by atoms with Gasteiger partial charge >= 0.3 is 11.9 Å². The van der Waals surface area contributed by atoms with E-state index < -0.39 is 11.9 Å². The molecule has 0 aromatic carbocycles. The standard InChI is InChI=1S/C4H3O4/c5-3(6)1-2-4(7)8/h1-2H,(H,5,6). The van der Waals surface area contributed by atoms with E-state index in [4.69, 9.17) is 5.11 Å². The van der Waals surface area contributed by atoms with Crippen LogP contribution in [0.4, 0.5) is 0 Å². The third-order valence-corrected chi connectivity index (χ3v) is 0.362. The van der Waals surface area contributed by atoms with E-state index in [9.17, 15) is 14.7 Å². The minimum atomic E-state index is -1.51. The third-order valence-electron chi connectivity index (χ3n) is 0.362. The van der Waals surface area contributed by atoms with Gasteiger partial charge in [-0.3, -0.25) is 0 Å². The summed E-state index contributed by atoms with van der Waals surface area (Å²) in [6.07, 6.45) is 0.942. The zero-order valence-electron chi connectivity index (χ0n) is 3.83. The number of carboxylic acid groups (broad SMARTS) is 1. The number of rotatable bonds is 2. The molecule has 43 valence electrons.